The normalized spacial score (nSPS) is 21.5. The van der Waals surface area contributed by atoms with Gasteiger partial charge in [0.25, 0.3) is 0 Å². The molecule has 14 heavy (non-hydrogen) atoms. The summed E-state index contributed by atoms with van der Waals surface area (Å²) in [6.07, 6.45) is 0.894. The number of benzene rings is 1. The second kappa shape index (κ2) is 4.49. The summed E-state index contributed by atoms with van der Waals surface area (Å²) in [5.74, 6) is 2.36. The van der Waals surface area contributed by atoms with Crippen LogP contribution in [-0.2, 0) is 11.2 Å². The number of carbonyl (C=O) groups is 1. The van der Waals surface area contributed by atoms with E-state index >= 15 is 0 Å². The average molecular weight is 271 g/mol. The molecule has 1 unspecified atom stereocenters. The number of halogens is 1. The van der Waals surface area contributed by atoms with Gasteiger partial charge in [0.2, 0.25) is 0 Å². The Kier molecular flexibility index (Phi) is 3.29. The molecule has 0 aromatic heterocycles. The van der Waals surface area contributed by atoms with Crippen molar-refractivity contribution in [2.45, 2.75) is 6.42 Å². The molecule has 1 aliphatic heterocycles. The molecule has 1 aromatic carbocycles. The van der Waals surface area contributed by atoms with Crippen molar-refractivity contribution in [1.29, 1.82) is 0 Å². The van der Waals surface area contributed by atoms with Gasteiger partial charge in [-0.3, -0.25) is 4.79 Å². The van der Waals surface area contributed by atoms with E-state index in [9.17, 15) is 4.79 Å². The topological polar surface area (TPSA) is 17.1 Å². The molecule has 1 nitrogen and oxygen atoms in total. The molecule has 74 valence electrons. The molecule has 3 heteroatoms. The zero-order valence-electron chi connectivity index (χ0n) is 7.70. The second-order valence-corrected chi connectivity index (χ2v) is 5.46. The number of hydrogen-bond donors (Lipinski definition) is 0. The zero-order chi connectivity index (χ0) is 9.97. The lowest BCUT2D eigenvalue weighted by atomic mass is 9.98. The third-order valence-electron chi connectivity index (χ3n) is 2.39. The highest BCUT2D eigenvalue weighted by Gasteiger charge is 2.24. The minimum atomic E-state index is 0.245. The van der Waals surface area contributed by atoms with Gasteiger partial charge in [-0.05, 0) is 24.1 Å². The molecule has 1 atom stereocenters. The van der Waals surface area contributed by atoms with Crippen molar-refractivity contribution < 1.29 is 4.79 Å². The molecule has 1 aliphatic rings. The van der Waals surface area contributed by atoms with Crippen LogP contribution in [0.2, 0.25) is 0 Å². The molecule has 1 fully saturated rings. The van der Waals surface area contributed by atoms with Crippen molar-refractivity contribution in [1.82, 2.24) is 0 Å². The molecule has 0 aliphatic carbocycles. The largest absolute Gasteiger partial charge is 0.298 e. The van der Waals surface area contributed by atoms with Gasteiger partial charge in [0.15, 0.2) is 0 Å². The van der Waals surface area contributed by atoms with Gasteiger partial charge in [0.05, 0.1) is 5.75 Å². The van der Waals surface area contributed by atoms with Crippen LogP contribution in [0.4, 0.5) is 0 Å². The summed E-state index contributed by atoms with van der Waals surface area (Å²) in [5.41, 5.74) is 1.25. The number of Topliss-reactive ketones (excluding diaryl/α,β-unsaturated/α-hetero) is 1. The van der Waals surface area contributed by atoms with Gasteiger partial charge in [0, 0.05) is 16.1 Å². The lowest BCUT2D eigenvalue weighted by Gasteiger charge is -2.06. The quantitative estimate of drug-likeness (QED) is 0.822. The van der Waals surface area contributed by atoms with E-state index in [0.29, 0.717) is 11.5 Å². The summed E-state index contributed by atoms with van der Waals surface area (Å²) in [4.78, 5) is 11.4. The number of hydrogen-bond acceptors (Lipinski definition) is 2. The average Bonchev–Trinajstić information content (AvgIpc) is 2.52. The van der Waals surface area contributed by atoms with Crippen LogP contribution in [-0.4, -0.2) is 17.3 Å². The van der Waals surface area contributed by atoms with Gasteiger partial charge in [-0.2, -0.15) is 11.8 Å². The van der Waals surface area contributed by atoms with Crippen LogP contribution < -0.4 is 0 Å². The number of rotatable bonds is 2. The lowest BCUT2D eigenvalue weighted by Crippen LogP contribution is -2.13. The molecule has 0 saturated carbocycles. The Morgan fingerprint density at radius 1 is 1.50 bits per heavy atom. The van der Waals surface area contributed by atoms with E-state index in [1.165, 1.54) is 5.56 Å². The summed E-state index contributed by atoms with van der Waals surface area (Å²) in [6.45, 7) is 0. The molecule has 0 spiro atoms. The van der Waals surface area contributed by atoms with E-state index in [1.54, 1.807) is 11.8 Å². The van der Waals surface area contributed by atoms with E-state index in [2.05, 4.69) is 28.1 Å². The van der Waals surface area contributed by atoms with Gasteiger partial charge in [-0.1, -0.05) is 28.1 Å². The molecule has 1 heterocycles. The fourth-order valence-corrected chi connectivity index (χ4v) is 3.22. The van der Waals surface area contributed by atoms with Crippen molar-refractivity contribution in [2.24, 2.45) is 5.92 Å². The first kappa shape index (κ1) is 10.2. The smallest absolute Gasteiger partial charge is 0.146 e. The Hall–Kier alpha value is -0.280. The molecule has 0 amide bonds. The number of thioether (sulfide) groups is 1. The monoisotopic (exact) mass is 270 g/mol. The fourth-order valence-electron chi connectivity index (χ4n) is 1.63. The van der Waals surface area contributed by atoms with Crippen molar-refractivity contribution in [2.75, 3.05) is 11.5 Å². The number of ketones is 1. The Bertz CT molecular complexity index is 351. The minimum absolute atomic E-state index is 0.245. The summed E-state index contributed by atoms with van der Waals surface area (Å²) in [7, 11) is 0. The predicted octanol–water partition coefficient (Wildman–Crippen LogP) is 2.92. The third kappa shape index (κ3) is 2.39. The Balaban J connectivity index is 2.07. The van der Waals surface area contributed by atoms with Gasteiger partial charge >= 0.3 is 0 Å². The molecule has 0 bridgehead atoms. The zero-order valence-corrected chi connectivity index (χ0v) is 10.1. The van der Waals surface area contributed by atoms with Crippen LogP contribution in [0.5, 0.6) is 0 Å². The molecule has 2 rings (SSSR count). The first-order valence-corrected chi connectivity index (χ1v) is 6.55. The lowest BCUT2D eigenvalue weighted by molar-refractivity contribution is -0.119. The Morgan fingerprint density at radius 3 is 3.00 bits per heavy atom. The van der Waals surface area contributed by atoms with Gasteiger partial charge in [-0.25, -0.2) is 0 Å². The highest BCUT2D eigenvalue weighted by molar-refractivity contribution is 9.10. The van der Waals surface area contributed by atoms with E-state index in [-0.39, 0.29) is 5.92 Å². The van der Waals surface area contributed by atoms with Crippen molar-refractivity contribution in [3.8, 4) is 0 Å². The molecular weight excluding hydrogens is 260 g/mol. The Labute approximate surface area is 96.4 Å². The molecule has 0 N–H and O–H groups in total. The van der Waals surface area contributed by atoms with Crippen LogP contribution in [0, 0.1) is 5.92 Å². The summed E-state index contributed by atoms with van der Waals surface area (Å²) >= 11 is 5.19. The minimum Gasteiger partial charge on any atom is -0.298 e. The molecular formula is C11H11BrOS. The summed E-state index contributed by atoms with van der Waals surface area (Å²) < 4.78 is 1.09. The maximum Gasteiger partial charge on any atom is 0.146 e. The van der Waals surface area contributed by atoms with Gasteiger partial charge in [-0.15, -0.1) is 0 Å². The second-order valence-electron chi connectivity index (χ2n) is 3.51. The first-order valence-electron chi connectivity index (χ1n) is 4.60. The first-order chi connectivity index (χ1) is 6.75. The van der Waals surface area contributed by atoms with E-state index < -0.39 is 0 Å². The van der Waals surface area contributed by atoms with Crippen LogP contribution >= 0.6 is 27.7 Å². The van der Waals surface area contributed by atoms with Crippen LogP contribution in [0.25, 0.3) is 0 Å². The number of carbonyl (C=O) groups excluding carboxylic acids is 1. The SMILES string of the molecule is O=C1CSCC1Cc1cccc(Br)c1. The van der Waals surface area contributed by atoms with Crippen molar-refractivity contribution in [3.05, 3.63) is 34.3 Å². The maximum absolute atomic E-state index is 11.4. The van der Waals surface area contributed by atoms with E-state index in [0.717, 1.165) is 16.6 Å². The van der Waals surface area contributed by atoms with E-state index in [1.807, 2.05) is 12.1 Å². The van der Waals surface area contributed by atoms with Crippen LogP contribution in [0.3, 0.4) is 0 Å². The highest BCUT2D eigenvalue weighted by Crippen LogP contribution is 2.24. The maximum atomic E-state index is 11.4. The van der Waals surface area contributed by atoms with Gasteiger partial charge < -0.3 is 0 Å². The van der Waals surface area contributed by atoms with Crippen LogP contribution in [0.15, 0.2) is 28.7 Å². The fraction of sp³-hybridized carbons (Fsp3) is 0.364. The predicted molar refractivity (Wildman–Crippen MR) is 63.7 cm³/mol. The highest BCUT2D eigenvalue weighted by atomic mass is 79.9. The summed E-state index contributed by atoms with van der Waals surface area (Å²) in [6, 6.07) is 8.21. The standard InChI is InChI=1S/C11H11BrOS/c12-10-3-1-2-8(5-10)4-9-6-14-7-11(9)13/h1-3,5,9H,4,6-7H2. The molecule has 1 saturated heterocycles. The Morgan fingerprint density at radius 2 is 2.36 bits per heavy atom. The van der Waals surface area contributed by atoms with Crippen LogP contribution in [0.1, 0.15) is 5.56 Å². The molecule has 1 aromatic rings. The summed E-state index contributed by atoms with van der Waals surface area (Å²) in [5, 5.41) is 0. The van der Waals surface area contributed by atoms with Crippen molar-refractivity contribution >= 4 is 33.5 Å². The van der Waals surface area contributed by atoms with Crippen molar-refractivity contribution in [3.63, 3.8) is 0 Å². The van der Waals surface area contributed by atoms with Gasteiger partial charge in [0.1, 0.15) is 5.78 Å². The third-order valence-corrected chi connectivity index (χ3v) is 4.01. The molecule has 0 radical (unpaired) electrons. The van der Waals surface area contributed by atoms with E-state index in [4.69, 9.17) is 0 Å².